The van der Waals surface area contributed by atoms with E-state index in [0.29, 0.717) is 0 Å². The lowest BCUT2D eigenvalue weighted by molar-refractivity contribution is 0.246. The quantitative estimate of drug-likeness (QED) is 0.756. The van der Waals surface area contributed by atoms with Crippen molar-refractivity contribution < 1.29 is 0 Å². The summed E-state index contributed by atoms with van der Waals surface area (Å²) in [6.45, 7) is 2.13. The molecule has 16 heavy (non-hydrogen) atoms. The minimum atomic E-state index is -0.0562. The van der Waals surface area contributed by atoms with Gasteiger partial charge in [0.25, 0.3) is 0 Å². The maximum absolute atomic E-state index is 9.33. The van der Waals surface area contributed by atoms with Gasteiger partial charge in [0.05, 0.1) is 6.07 Å². The van der Waals surface area contributed by atoms with Crippen LogP contribution in [0, 0.1) is 11.3 Å². The predicted molar refractivity (Wildman–Crippen MR) is 64.8 cm³/mol. The Balaban J connectivity index is 2.13. The Kier molecular flexibility index (Phi) is 3.96. The first kappa shape index (κ1) is 11.2. The van der Waals surface area contributed by atoms with E-state index in [1.807, 2.05) is 18.2 Å². The maximum Gasteiger partial charge on any atom is 0.123 e. The molecule has 1 saturated heterocycles. The molecule has 0 spiro atoms. The Morgan fingerprint density at radius 3 is 2.19 bits per heavy atom. The summed E-state index contributed by atoms with van der Waals surface area (Å²) in [7, 11) is 0. The zero-order valence-electron chi connectivity index (χ0n) is 9.60. The van der Waals surface area contributed by atoms with Crippen molar-refractivity contribution in [1.29, 1.82) is 5.26 Å². The molecule has 1 atom stereocenters. The number of likely N-dealkylation sites (tertiary alicyclic amines) is 1. The molecule has 0 radical (unpaired) electrons. The van der Waals surface area contributed by atoms with Gasteiger partial charge in [-0.25, -0.2) is 0 Å². The maximum atomic E-state index is 9.33. The monoisotopic (exact) mass is 214 g/mol. The summed E-state index contributed by atoms with van der Waals surface area (Å²) in [6, 6.07) is 12.5. The van der Waals surface area contributed by atoms with Gasteiger partial charge in [-0.1, -0.05) is 43.2 Å². The SMILES string of the molecule is N#C[C@@H](c1ccccc1)N1CCCCCC1. The minimum Gasteiger partial charge on any atom is -0.284 e. The van der Waals surface area contributed by atoms with Crippen LogP contribution in [0.1, 0.15) is 37.3 Å². The van der Waals surface area contributed by atoms with Gasteiger partial charge in [-0.2, -0.15) is 5.26 Å². The van der Waals surface area contributed by atoms with Gasteiger partial charge in [-0.05, 0) is 31.5 Å². The number of hydrogen-bond donors (Lipinski definition) is 0. The molecule has 0 amide bonds. The Morgan fingerprint density at radius 1 is 1.00 bits per heavy atom. The van der Waals surface area contributed by atoms with E-state index in [1.54, 1.807) is 0 Å². The standard InChI is InChI=1S/C14H18N2/c15-12-14(13-8-4-3-5-9-13)16-10-6-1-2-7-11-16/h3-5,8-9,14H,1-2,6-7,10-11H2/t14-/m0/s1. The summed E-state index contributed by atoms with van der Waals surface area (Å²) >= 11 is 0. The Hall–Kier alpha value is -1.33. The lowest BCUT2D eigenvalue weighted by atomic mass is 10.1. The van der Waals surface area contributed by atoms with E-state index in [1.165, 1.54) is 25.7 Å². The summed E-state index contributed by atoms with van der Waals surface area (Å²) < 4.78 is 0. The van der Waals surface area contributed by atoms with Crippen molar-refractivity contribution in [1.82, 2.24) is 4.90 Å². The van der Waals surface area contributed by atoms with Crippen molar-refractivity contribution in [3.05, 3.63) is 35.9 Å². The van der Waals surface area contributed by atoms with Crippen LogP contribution in [0.4, 0.5) is 0 Å². The zero-order valence-corrected chi connectivity index (χ0v) is 9.60. The summed E-state index contributed by atoms with van der Waals surface area (Å²) in [4.78, 5) is 2.32. The third-order valence-corrected chi connectivity index (χ3v) is 3.24. The fourth-order valence-corrected chi connectivity index (χ4v) is 2.36. The Labute approximate surface area is 97.5 Å². The van der Waals surface area contributed by atoms with Gasteiger partial charge < -0.3 is 0 Å². The first-order valence-electron chi connectivity index (χ1n) is 6.10. The van der Waals surface area contributed by atoms with E-state index in [4.69, 9.17) is 0 Å². The summed E-state index contributed by atoms with van der Waals surface area (Å²) in [5.74, 6) is 0. The summed E-state index contributed by atoms with van der Waals surface area (Å²) in [5.41, 5.74) is 1.13. The molecule has 2 heteroatoms. The molecule has 0 aliphatic carbocycles. The molecule has 2 nitrogen and oxygen atoms in total. The number of nitriles is 1. The lowest BCUT2D eigenvalue weighted by Crippen LogP contribution is -2.28. The van der Waals surface area contributed by atoms with Crippen molar-refractivity contribution >= 4 is 0 Å². The molecule has 0 aromatic heterocycles. The average molecular weight is 214 g/mol. The van der Waals surface area contributed by atoms with Crippen LogP contribution in [0.3, 0.4) is 0 Å². The highest BCUT2D eigenvalue weighted by molar-refractivity contribution is 5.24. The minimum absolute atomic E-state index is 0.0562. The van der Waals surface area contributed by atoms with Crippen LogP contribution < -0.4 is 0 Å². The third-order valence-electron chi connectivity index (χ3n) is 3.24. The Morgan fingerprint density at radius 2 is 1.62 bits per heavy atom. The zero-order chi connectivity index (χ0) is 11.2. The van der Waals surface area contributed by atoms with Gasteiger partial charge in [-0.3, -0.25) is 4.90 Å². The van der Waals surface area contributed by atoms with Crippen molar-refractivity contribution in [2.24, 2.45) is 0 Å². The number of benzene rings is 1. The largest absolute Gasteiger partial charge is 0.284 e. The molecule has 0 bridgehead atoms. The van der Waals surface area contributed by atoms with Crippen LogP contribution in [0.5, 0.6) is 0 Å². The summed E-state index contributed by atoms with van der Waals surface area (Å²) in [5, 5.41) is 9.33. The van der Waals surface area contributed by atoms with E-state index in [9.17, 15) is 5.26 Å². The summed E-state index contributed by atoms with van der Waals surface area (Å²) in [6.07, 6.45) is 5.07. The average Bonchev–Trinajstić information content (AvgIpc) is 2.61. The normalized spacial score (nSPS) is 19.7. The van der Waals surface area contributed by atoms with Crippen LogP contribution in [0.15, 0.2) is 30.3 Å². The van der Waals surface area contributed by atoms with Crippen molar-refractivity contribution in [2.45, 2.75) is 31.7 Å². The molecule has 1 heterocycles. The third kappa shape index (κ3) is 2.62. The van der Waals surface area contributed by atoms with Gasteiger partial charge >= 0.3 is 0 Å². The van der Waals surface area contributed by atoms with E-state index >= 15 is 0 Å². The smallest absolute Gasteiger partial charge is 0.123 e. The van der Waals surface area contributed by atoms with E-state index in [2.05, 4.69) is 23.1 Å². The fourth-order valence-electron chi connectivity index (χ4n) is 2.36. The molecular formula is C14H18N2. The molecular weight excluding hydrogens is 196 g/mol. The first-order valence-corrected chi connectivity index (χ1v) is 6.10. The van der Waals surface area contributed by atoms with Crippen LogP contribution in [0.2, 0.25) is 0 Å². The van der Waals surface area contributed by atoms with Gasteiger partial charge in [0.1, 0.15) is 6.04 Å². The second-order valence-corrected chi connectivity index (χ2v) is 4.39. The van der Waals surface area contributed by atoms with Crippen molar-refractivity contribution in [3.63, 3.8) is 0 Å². The molecule has 1 aromatic carbocycles. The first-order chi connectivity index (χ1) is 7.92. The van der Waals surface area contributed by atoms with Crippen molar-refractivity contribution in [3.8, 4) is 6.07 Å². The van der Waals surface area contributed by atoms with E-state index in [0.717, 1.165) is 18.7 Å². The van der Waals surface area contributed by atoms with Crippen molar-refractivity contribution in [2.75, 3.05) is 13.1 Å². The van der Waals surface area contributed by atoms with Crippen LogP contribution in [-0.2, 0) is 0 Å². The Bertz CT molecular complexity index is 345. The molecule has 1 aliphatic heterocycles. The molecule has 1 aliphatic rings. The second kappa shape index (κ2) is 5.67. The van der Waals surface area contributed by atoms with E-state index < -0.39 is 0 Å². The highest BCUT2D eigenvalue weighted by Gasteiger charge is 2.20. The molecule has 0 unspecified atom stereocenters. The molecule has 84 valence electrons. The molecule has 0 N–H and O–H groups in total. The van der Waals surface area contributed by atoms with Gasteiger partial charge in [0.2, 0.25) is 0 Å². The molecule has 1 fully saturated rings. The molecule has 1 aromatic rings. The van der Waals surface area contributed by atoms with Crippen LogP contribution >= 0.6 is 0 Å². The number of hydrogen-bond acceptors (Lipinski definition) is 2. The fraction of sp³-hybridized carbons (Fsp3) is 0.500. The predicted octanol–water partition coefficient (Wildman–Crippen LogP) is 3.13. The second-order valence-electron chi connectivity index (χ2n) is 4.39. The topological polar surface area (TPSA) is 27.0 Å². The highest BCUT2D eigenvalue weighted by Crippen LogP contribution is 2.23. The van der Waals surface area contributed by atoms with Gasteiger partial charge in [0, 0.05) is 0 Å². The molecule has 0 saturated carbocycles. The van der Waals surface area contributed by atoms with Gasteiger partial charge in [-0.15, -0.1) is 0 Å². The number of nitrogens with zero attached hydrogens (tertiary/aromatic N) is 2. The molecule has 2 rings (SSSR count). The van der Waals surface area contributed by atoms with E-state index in [-0.39, 0.29) is 6.04 Å². The number of rotatable bonds is 2. The van der Waals surface area contributed by atoms with Gasteiger partial charge in [0.15, 0.2) is 0 Å². The van der Waals surface area contributed by atoms with Crippen LogP contribution in [0.25, 0.3) is 0 Å². The van der Waals surface area contributed by atoms with Crippen LogP contribution in [-0.4, -0.2) is 18.0 Å². The highest BCUT2D eigenvalue weighted by atomic mass is 15.1. The lowest BCUT2D eigenvalue weighted by Gasteiger charge is -2.25.